The maximum atomic E-state index is 5.70. The van der Waals surface area contributed by atoms with Gasteiger partial charge in [-0.1, -0.05) is 38.3 Å². The number of hydrogen-bond donors (Lipinski definition) is 0. The van der Waals surface area contributed by atoms with E-state index >= 15 is 0 Å². The summed E-state index contributed by atoms with van der Waals surface area (Å²) >= 11 is 7.24. The first kappa shape index (κ1) is 16.7. The summed E-state index contributed by atoms with van der Waals surface area (Å²) in [4.78, 5) is 4.90. The van der Waals surface area contributed by atoms with E-state index in [1.165, 1.54) is 32.1 Å². The molecule has 2 aliphatic rings. The monoisotopic (exact) mass is 453 g/mol. The van der Waals surface area contributed by atoms with Crippen molar-refractivity contribution in [1.82, 2.24) is 14.8 Å². The van der Waals surface area contributed by atoms with Crippen molar-refractivity contribution < 1.29 is 4.74 Å². The van der Waals surface area contributed by atoms with Crippen LogP contribution in [-0.2, 0) is 11.3 Å². The number of halogens is 2. The van der Waals surface area contributed by atoms with Gasteiger partial charge in [0.1, 0.15) is 6.10 Å². The SMILES string of the molecule is COC(c1nc(-c2cc(Br)ccc2Br)n(CC2CCC2)n1)C1CC1. The molecule has 0 N–H and O–H groups in total. The molecule has 0 spiro atoms. The van der Waals surface area contributed by atoms with Gasteiger partial charge in [0.15, 0.2) is 11.6 Å². The van der Waals surface area contributed by atoms with Crippen molar-refractivity contribution in [2.75, 3.05) is 7.11 Å². The largest absolute Gasteiger partial charge is 0.373 e. The summed E-state index contributed by atoms with van der Waals surface area (Å²) in [6.45, 7) is 0.947. The highest BCUT2D eigenvalue weighted by molar-refractivity contribution is 9.11. The van der Waals surface area contributed by atoms with Gasteiger partial charge in [0, 0.05) is 28.2 Å². The highest BCUT2D eigenvalue weighted by atomic mass is 79.9. The van der Waals surface area contributed by atoms with Crippen LogP contribution < -0.4 is 0 Å². The Morgan fingerprint density at radius 3 is 2.67 bits per heavy atom. The number of nitrogens with zero attached hydrogens (tertiary/aromatic N) is 3. The van der Waals surface area contributed by atoms with Gasteiger partial charge in [-0.3, -0.25) is 0 Å². The summed E-state index contributed by atoms with van der Waals surface area (Å²) in [5, 5.41) is 4.86. The maximum Gasteiger partial charge on any atom is 0.180 e. The molecule has 24 heavy (non-hydrogen) atoms. The summed E-state index contributed by atoms with van der Waals surface area (Å²) in [5.41, 5.74) is 1.08. The van der Waals surface area contributed by atoms with Gasteiger partial charge >= 0.3 is 0 Å². The zero-order valence-corrected chi connectivity index (χ0v) is 16.9. The van der Waals surface area contributed by atoms with Crippen LogP contribution in [0.2, 0.25) is 0 Å². The van der Waals surface area contributed by atoms with E-state index < -0.39 is 0 Å². The molecule has 2 aromatic rings. The zero-order chi connectivity index (χ0) is 16.7. The quantitative estimate of drug-likeness (QED) is 0.589. The molecule has 1 unspecified atom stereocenters. The Balaban J connectivity index is 1.74. The summed E-state index contributed by atoms with van der Waals surface area (Å²) in [7, 11) is 1.77. The van der Waals surface area contributed by atoms with Gasteiger partial charge in [0.25, 0.3) is 0 Å². The van der Waals surface area contributed by atoms with Crippen LogP contribution in [0.25, 0.3) is 11.4 Å². The third-order valence-corrected chi connectivity index (χ3v) is 6.26. The van der Waals surface area contributed by atoms with Crippen LogP contribution in [0.5, 0.6) is 0 Å². The molecule has 0 amide bonds. The number of methoxy groups -OCH3 is 1. The molecule has 2 saturated carbocycles. The molecule has 2 aliphatic carbocycles. The average molecular weight is 455 g/mol. The predicted octanol–water partition coefficient (Wildman–Crippen LogP) is 5.37. The standard InChI is InChI=1S/C18H21Br2N3O/c1-24-16(12-5-6-12)17-21-18(14-9-13(19)7-8-15(14)20)23(22-17)10-11-3-2-4-11/h7-9,11-12,16H,2-6,10H2,1H3. The van der Waals surface area contributed by atoms with Crippen LogP contribution >= 0.6 is 31.9 Å². The van der Waals surface area contributed by atoms with Gasteiger partial charge in [-0.2, -0.15) is 5.10 Å². The van der Waals surface area contributed by atoms with E-state index in [1.807, 2.05) is 6.07 Å². The van der Waals surface area contributed by atoms with Crippen molar-refractivity contribution in [3.63, 3.8) is 0 Å². The average Bonchev–Trinajstić information content (AvgIpc) is 3.27. The lowest BCUT2D eigenvalue weighted by molar-refractivity contribution is 0.0768. The molecule has 0 bridgehead atoms. The molecule has 4 rings (SSSR count). The first-order valence-electron chi connectivity index (χ1n) is 8.58. The summed E-state index contributed by atoms with van der Waals surface area (Å²) < 4.78 is 9.89. The smallest absolute Gasteiger partial charge is 0.180 e. The Labute approximate surface area is 159 Å². The molecule has 0 aliphatic heterocycles. The highest BCUT2D eigenvalue weighted by Gasteiger charge is 2.36. The first-order valence-corrected chi connectivity index (χ1v) is 10.2. The summed E-state index contributed by atoms with van der Waals surface area (Å²) in [6.07, 6.45) is 6.38. The van der Waals surface area contributed by atoms with Gasteiger partial charge in [0.2, 0.25) is 0 Å². The first-order chi connectivity index (χ1) is 11.7. The van der Waals surface area contributed by atoms with Crippen LogP contribution in [0.4, 0.5) is 0 Å². The van der Waals surface area contributed by atoms with E-state index in [2.05, 4.69) is 48.7 Å². The van der Waals surface area contributed by atoms with Gasteiger partial charge in [-0.25, -0.2) is 9.67 Å². The molecule has 4 nitrogen and oxygen atoms in total. The molecule has 1 atom stereocenters. The Bertz CT molecular complexity index is 738. The van der Waals surface area contributed by atoms with Crippen LogP contribution in [0, 0.1) is 11.8 Å². The van der Waals surface area contributed by atoms with Gasteiger partial charge in [-0.05, 0) is 55.7 Å². The molecule has 0 saturated heterocycles. The molecular weight excluding hydrogens is 434 g/mol. The third kappa shape index (κ3) is 3.33. The van der Waals surface area contributed by atoms with E-state index in [0.29, 0.717) is 5.92 Å². The van der Waals surface area contributed by atoms with E-state index in [1.54, 1.807) is 7.11 Å². The van der Waals surface area contributed by atoms with Crippen LogP contribution in [0.3, 0.4) is 0 Å². The molecule has 1 heterocycles. The molecule has 1 aromatic heterocycles. The van der Waals surface area contributed by atoms with Crippen molar-refractivity contribution in [3.05, 3.63) is 33.0 Å². The summed E-state index contributed by atoms with van der Waals surface area (Å²) in [5.74, 6) is 3.08. The molecule has 6 heteroatoms. The lowest BCUT2D eigenvalue weighted by Crippen LogP contribution is -2.19. The van der Waals surface area contributed by atoms with Crippen molar-refractivity contribution in [1.29, 1.82) is 0 Å². The topological polar surface area (TPSA) is 39.9 Å². The summed E-state index contributed by atoms with van der Waals surface area (Å²) in [6, 6.07) is 6.19. The van der Waals surface area contributed by atoms with Crippen LogP contribution in [0.15, 0.2) is 27.1 Å². The fourth-order valence-corrected chi connectivity index (χ4v) is 4.09. The van der Waals surface area contributed by atoms with Gasteiger partial charge in [-0.15, -0.1) is 0 Å². The van der Waals surface area contributed by atoms with E-state index in [4.69, 9.17) is 14.8 Å². The molecular formula is C18H21Br2N3O. The number of rotatable bonds is 6. The second kappa shape index (κ2) is 6.89. The van der Waals surface area contributed by atoms with E-state index in [-0.39, 0.29) is 6.10 Å². The minimum Gasteiger partial charge on any atom is -0.373 e. The maximum absolute atomic E-state index is 5.70. The van der Waals surface area contributed by atoms with E-state index in [9.17, 15) is 0 Å². The normalized spacial score (nSPS) is 19.3. The van der Waals surface area contributed by atoms with Crippen LogP contribution in [0.1, 0.15) is 44.0 Å². The third-order valence-electron chi connectivity index (χ3n) is 5.07. The molecule has 0 radical (unpaired) electrons. The number of ether oxygens (including phenoxy) is 1. The molecule has 2 fully saturated rings. The fraction of sp³-hybridized carbons (Fsp3) is 0.556. The Hall–Kier alpha value is -0.720. The molecule has 1 aromatic carbocycles. The van der Waals surface area contributed by atoms with Crippen molar-refractivity contribution in [2.45, 2.75) is 44.8 Å². The van der Waals surface area contributed by atoms with Gasteiger partial charge in [0.05, 0.1) is 0 Å². The number of aromatic nitrogens is 3. The minimum absolute atomic E-state index is 0.0253. The van der Waals surface area contributed by atoms with E-state index in [0.717, 1.165) is 38.6 Å². The van der Waals surface area contributed by atoms with Crippen LogP contribution in [-0.4, -0.2) is 21.9 Å². The zero-order valence-electron chi connectivity index (χ0n) is 13.7. The van der Waals surface area contributed by atoms with Crippen molar-refractivity contribution >= 4 is 31.9 Å². The number of hydrogen-bond acceptors (Lipinski definition) is 3. The lowest BCUT2D eigenvalue weighted by atomic mass is 9.85. The van der Waals surface area contributed by atoms with Crippen molar-refractivity contribution in [2.24, 2.45) is 11.8 Å². The molecule has 128 valence electrons. The fourth-order valence-electron chi connectivity index (χ4n) is 3.30. The van der Waals surface area contributed by atoms with Crippen molar-refractivity contribution in [3.8, 4) is 11.4 Å². The second-order valence-electron chi connectivity index (χ2n) is 6.89. The minimum atomic E-state index is 0.0253. The second-order valence-corrected chi connectivity index (χ2v) is 8.66. The highest BCUT2D eigenvalue weighted by Crippen LogP contribution is 2.43. The Kier molecular flexibility index (Phi) is 4.80. The lowest BCUT2D eigenvalue weighted by Gasteiger charge is -2.25. The Morgan fingerprint density at radius 2 is 2.04 bits per heavy atom. The van der Waals surface area contributed by atoms with Gasteiger partial charge < -0.3 is 4.74 Å². The number of benzene rings is 1. The Morgan fingerprint density at radius 1 is 1.25 bits per heavy atom. The predicted molar refractivity (Wildman–Crippen MR) is 101 cm³/mol.